The molecule has 1 heterocycles. The molecular formula is C45H64N2O3. The monoisotopic (exact) mass is 680 g/mol. The standard InChI is InChI=1S/C45H64N2O3/c1-28(2)33-17-22-45(46-38(48)27-47-26-29-9-14-32(47)25-29)24-23-43(6)35(39(33)45)15-16-37-42(5)20-18-34(30-10-12-31(13-11-30)40(49)50-8)41(3,4)36(42)19-21-44(37,43)7/h10-13,18,29,32-33,35-37,39H,1,9,14-17,19-27H2,2-8H3,(H,46,48). The second-order valence-electron chi connectivity index (χ2n) is 19.8. The van der Waals surface area contributed by atoms with Crippen molar-refractivity contribution in [1.29, 1.82) is 0 Å². The Morgan fingerprint density at radius 3 is 2.32 bits per heavy atom. The fourth-order valence-corrected chi connectivity index (χ4v) is 15.1. The second-order valence-corrected chi connectivity index (χ2v) is 19.8. The number of benzene rings is 1. The highest BCUT2D eigenvalue weighted by molar-refractivity contribution is 5.90. The first kappa shape index (κ1) is 34.7. The zero-order chi connectivity index (χ0) is 35.4. The van der Waals surface area contributed by atoms with Gasteiger partial charge >= 0.3 is 5.97 Å². The molecule has 50 heavy (non-hydrogen) atoms. The summed E-state index contributed by atoms with van der Waals surface area (Å²) in [5.41, 5.74) is 5.32. The van der Waals surface area contributed by atoms with E-state index in [1.165, 1.54) is 81.6 Å². The maximum absolute atomic E-state index is 13.9. The van der Waals surface area contributed by atoms with Crippen molar-refractivity contribution < 1.29 is 14.3 Å². The number of rotatable bonds is 6. The minimum Gasteiger partial charge on any atom is -0.465 e. The van der Waals surface area contributed by atoms with Crippen LogP contribution in [0.2, 0.25) is 0 Å². The Morgan fingerprint density at radius 1 is 0.900 bits per heavy atom. The smallest absolute Gasteiger partial charge is 0.337 e. The maximum Gasteiger partial charge on any atom is 0.337 e. The van der Waals surface area contributed by atoms with Gasteiger partial charge in [0.25, 0.3) is 0 Å². The van der Waals surface area contributed by atoms with E-state index < -0.39 is 0 Å². The average molecular weight is 681 g/mol. The number of nitrogens with zero attached hydrogens (tertiary/aromatic N) is 1. The predicted molar refractivity (Wildman–Crippen MR) is 201 cm³/mol. The first-order valence-corrected chi connectivity index (χ1v) is 20.3. The van der Waals surface area contributed by atoms with E-state index >= 15 is 0 Å². The lowest BCUT2D eigenvalue weighted by molar-refractivity contribution is -0.219. The lowest BCUT2D eigenvalue weighted by atomic mass is 9.33. The Balaban J connectivity index is 1.07. The number of carbonyl (C=O) groups excluding carboxylic acids is 2. The molecule has 11 unspecified atom stereocenters. The van der Waals surface area contributed by atoms with Gasteiger partial charge in [0.05, 0.1) is 19.2 Å². The molecule has 5 heteroatoms. The topological polar surface area (TPSA) is 58.6 Å². The van der Waals surface area contributed by atoms with Crippen LogP contribution in [0.3, 0.4) is 0 Å². The van der Waals surface area contributed by atoms with Crippen molar-refractivity contribution in [1.82, 2.24) is 10.2 Å². The maximum atomic E-state index is 13.9. The largest absolute Gasteiger partial charge is 0.465 e. The molecule has 6 fully saturated rings. The van der Waals surface area contributed by atoms with Gasteiger partial charge < -0.3 is 10.1 Å². The number of piperidine rings is 1. The van der Waals surface area contributed by atoms with Crippen molar-refractivity contribution in [2.75, 3.05) is 20.2 Å². The number of ether oxygens (including phenoxy) is 1. The first-order chi connectivity index (χ1) is 23.7. The SMILES string of the molecule is C=C(C)C1CCC2(NC(=O)CN3CC4CCC3C4)CCC3(C)C(CCC4C5(C)CC=C(c6ccc(C(=O)OC)cc6)C(C)(C)C5CCC43C)C12. The third kappa shape index (κ3) is 4.86. The van der Waals surface area contributed by atoms with Gasteiger partial charge in [-0.05, 0) is 164 Å². The Kier molecular flexibility index (Phi) is 8.19. The van der Waals surface area contributed by atoms with E-state index in [2.05, 4.69) is 76.5 Å². The predicted octanol–water partition coefficient (Wildman–Crippen LogP) is 9.48. The minimum atomic E-state index is -0.278. The summed E-state index contributed by atoms with van der Waals surface area (Å²) >= 11 is 0. The van der Waals surface area contributed by atoms with Crippen LogP contribution in [0.25, 0.3) is 5.57 Å². The van der Waals surface area contributed by atoms with Gasteiger partial charge in [0.1, 0.15) is 0 Å². The number of fused-ring (bicyclic) bond motifs is 9. The number of nitrogens with one attached hydrogen (secondary N) is 1. The van der Waals surface area contributed by atoms with Gasteiger partial charge in [-0.25, -0.2) is 4.79 Å². The molecule has 5 nitrogen and oxygen atoms in total. The summed E-state index contributed by atoms with van der Waals surface area (Å²) in [6.07, 6.45) is 17.3. The van der Waals surface area contributed by atoms with Crippen molar-refractivity contribution in [3.05, 3.63) is 53.6 Å². The molecule has 5 saturated carbocycles. The van der Waals surface area contributed by atoms with E-state index in [0.717, 1.165) is 31.7 Å². The quantitative estimate of drug-likeness (QED) is 0.240. The van der Waals surface area contributed by atoms with Crippen LogP contribution in [0, 0.1) is 57.2 Å². The fraction of sp³-hybridized carbons (Fsp3) is 0.733. The van der Waals surface area contributed by atoms with Crippen LogP contribution in [0.5, 0.6) is 0 Å². The summed E-state index contributed by atoms with van der Waals surface area (Å²) < 4.78 is 4.97. The number of hydrogen-bond acceptors (Lipinski definition) is 4. The van der Waals surface area contributed by atoms with E-state index in [9.17, 15) is 9.59 Å². The van der Waals surface area contributed by atoms with Crippen LogP contribution in [-0.2, 0) is 9.53 Å². The highest BCUT2D eigenvalue weighted by Crippen LogP contribution is 2.76. The molecule has 0 radical (unpaired) electrons. The van der Waals surface area contributed by atoms with Gasteiger partial charge in [-0.2, -0.15) is 0 Å². The Bertz CT molecular complexity index is 1590. The summed E-state index contributed by atoms with van der Waals surface area (Å²) in [5, 5.41) is 3.84. The van der Waals surface area contributed by atoms with Crippen LogP contribution in [0.15, 0.2) is 42.5 Å². The summed E-state index contributed by atoms with van der Waals surface area (Å²) in [4.78, 5) is 28.6. The third-order valence-electron chi connectivity index (χ3n) is 17.5. The van der Waals surface area contributed by atoms with Crippen LogP contribution in [0.1, 0.15) is 135 Å². The Morgan fingerprint density at radius 2 is 1.66 bits per heavy atom. The molecule has 0 aromatic heterocycles. The van der Waals surface area contributed by atoms with E-state index in [1.54, 1.807) is 0 Å². The first-order valence-electron chi connectivity index (χ1n) is 20.3. The van der Waals surface area contributed by atoms with E-state index in [-0.39, 0.29) is 39.1 Å². The van der Waals surface area contributed by atoms with Crippen LogP contribution in [-0.4, -0.2) is 48.6 Å². The highest BCUT2D eigenvalue weighted by Gasteiger charge is 2.70. The van der Waals surface area contributed by atoms with E-state index in [0.29, 0.717) is 47.7 Å². The van der Waals surface area contributed by atoms with Gasteiger partial charge in [-0.3, -0.25) is 9.69 Å². The molecule has 6 aliphatic carbocycles. The number of amides is 1. The van der Waals surface area contributed by atoms with Crippen molar-refractivity contribution in [2.24, 2.45) is 57.2 Å². The highest BCUT2D eigenvalue weighted by atomic mass is 16.5. The molecular weight excluding hydrogens is 617 g/mol. The van der Waals surface area contributed by atoms with Gasteiger partial charge in [0.15, 0.2) is 0 Å². The van der Waals surface area contributed by atoms with Crippen molar-refractivity contribution in [3.63, 3.8) is 0 Å². The molecule has 2 bridgehead atoms. The van der Waals surface area contributed by atoms with Crippen molar-refractivity contribution in [3.8, 4) is 0 Å². The second kappa shape index (κ2) is 11.8. The number of allylic oxidation sites excluding steroid dienone is 3. The number of carbonyl (C=O) groups is 2. The molecule has 1 N–H and O–H groups in total. The summed E-state index contributed by atoms with van der Waals surface area (Å²) in [5.74, 6) is 3.70. The van der Waals surface area contributed by atoms with Gasteiger partial charge in [0, 0.05) is 18.1 Å². The normalized spacial score (nSPS) is 44.3. The number of methoxy groups -OCH3 is 1. The Hall–Kier alpha value is -2.40. The average Bonchev–Trinajstić information content (AvgIpc) is 3.80. The molecule has 11 atom stereocenters. The number of hydrogen-bond donors (Lipinski definition) is 1. The van der Waals surface area contributed by atoms with Crippen molar-refractivity contribution in [2.45, 2.75) is 130 Å². The number of esters is 1. The third-order valence-corrected chi connectivity index (χ3v) is 17.5. The lowest BCUT2D eigenvalue weighted by Crippen LogP contribution is -2.68. The zero-order valence-electron chi connectivity index (χ0n) is 32.2. The minimum absolute atomic E-state index is 0.0379. The van der Waals surface area contributed by atoms with Gasteiger partial charge in [-0.15, -0.1) is 0 Å². The summed E-state index contributed by atoms with van der Waals surface area (Å²) in [7, 11) is 1.45. The molecule has 7 aliphatic rings. The molecule has 8 rings (SSSR count). The summed E-state index contributed by atoms with van der Waals surface area (Å²) in [6, 6.07) is 8.74. The molecule has 1 aliphatic heterocycles. The molecule has 1 aromatic carbocycles. The van der Waals surface area contributed by atoms with Crippen molar-refractivity contribution >= 4 is 17.4 Å². The molecule has 1 saturated heterocycles. The fourth-order valence-electron chi connectivity index (χ4n) is 15.1. The Labute approximate surface area is 302 Å². The van der Waals surface area contributed by atoms with Gasteiger partial charge in [-0.1, -0.05) is 65.0 Å². The van der Waals surface area contributed by atoms with Crippen LogP contribution >= 0.6 is 0 Å². The van der Waals surface area contributed by atoms with Crippen LogP contribution < -0.4 is 5.32 Å². The molecule has 1 amide bonds. The molecule has 272 valence electrons. The zero-order valence-corrected chi connectivity index (χ0v) is 32.2. The lowest BCUT2D eigenvalue weighted by Gasteiger charge is -2.72. The van der Waals surface area contributed by atoms with Gasteiger partial charge in [0.2, 0.25) is 5.91 Å². The number of likely N-dealkylation sites (tertiary alicyclic amines) is 1. The van der Waals surface area contributed by atoms with E-state index in [1.807, 2.05) is 12.1 Å². The molecule has 1 aromatic rings. The van der Waals surface area contributed by atoms with Crippen LogP contribution in [0.4, 0.5) is 0 Å². The van der Waals surface area contributed by atoms with E-state index in [4.69, 9.17) is 4.74 Å². The summed E-state index contributed by atoms with van der Waals surface area (Å²) in [6.45, 7) is 21.6. The molecule has 0 spiro atoms.